The fourth-order valence-corrected chi connectivity index (χ4v) is 6.26. The van der Waals surface area contributed by atoms with Gasteiger partial charge in [-0.1, -0.05) is 133 Å². The molecule has 8 rings (SSSR count). The fraction of sp³-hybridized carbons (Fsp3) is 0.0476. The first-order chi connectivity index (χ1) is 23.5. The molecule has 0 atom stereocenters. The summed E-state index contributed by atoms with van der Waals surface area (Å²) in [6.07, 6.45) is 0. The maximum Gasteiger partial charge on any atom is 0.328 e. The highest BCUT2D eigenvalue weighted by molar-refractivity contribution is 5.87. The molecule has 0 N–H and O–H groups in total. The van der Waals surface area contributed by atoms with Crippen molar-refractivity contribution in [3.63, 3.8) is 0 Å². The zero-order valence-electron chi connectivity index (χ0n) is 26.6. The van der Waals surface area contributed by atoms with Crippen molar-refractivity contribution in [2.45, 2.75) is 0 Å². The van der Waals surface area contributed by atoms with Gasteiger partial charge in [0.15, 0.2) is 17.5 Å². The molecule has 0 saturated carbocycles. The molecule has 0 fully saturated rings. The third-order valence-electron chi connectivity index (χ3n) is 8.86. The summed E-state index contributed by atoms with van der Waals surface area (Å²) in [6, 6.07) is 51.7. The molecule has 2 aromatic heterocycles. The zero-order valence-corrected chi connectivity index (χ0v) is 26.6. The molecule has 8 aromatic rings. The summed E-state index contributed by atoms with van der Waals surface area (Å²) in [5.74, 6) is 1.82. The Kier molecular flexibility index (Phi) is 7.31. The fourth-order valence-electron chi connectivity index (χ4n) is 6.26. The van der Waals surface area contributed by atoms with Gasteiger partial charge in [0.25, 0.3) is 0 Å². The number of aromatic nitrogens is 5. The van der Waals surface area contributed by atoms with Gasteiger partial charge in [0.2, 0.25) is 0 Å². The minimum absolute atomic E-state index is 0.0389. The molecule has 0 radical (unpaired) electrons. The van der Waals surface area contributed by atoms with E-state index in [0.717, 1.165) is 61.1 Å². The van der Waals surface area contributed by atoms with E-state index < -0.39 is 0 Å². The Labute approximate surface area is 278 Å². The Morgan fingerprint density at radius 3 is 1.42 bits per heavy atom. The smallest absolute Gasteiger partial charge is 0.295 e. The van der Waals surface area contributed by atoms with Crippen LogP contribution in [0.25, 0.3) is 78.6 Å². The zero-order chi connectivity index (χ0) is 32.6. The van der Waals surface area contributed by atoms with E-state index in [1.165, 1.54) is 0 Å². The lowest BCUT2D eigenvalue weighted by molar-refractivity contribution is 0.795. The third kappa shape index (κ3) is 5.29. The number of aryl methyl sites for hydroxylation is 2. The summed E-state index contributed by atoms with van der Waals surface area (Å²) in [5, 5.41) is 0. The molecule has 48 heavy (non-hydrogen) atoms. The number of rotatable bonds is 6. The molecule has 0 aliphatic heterocycles. The van der Waals surface area contributed by atoms with Crippen molar-refractivity contribution in [3.8, 4) is 67.5 Å². The molecular formula is C42H31N5O. The van der Waals surface area contributed by atoms with Crippen LogP contribution in [0.2, 0.25) is 0 Å². The van der Waals surface area contributed by atoms with Gasteiger partial charge < -0.3 is 0 Å². The van der Waals surface area contributed by atoms with Gasteiger partial charge in [-0.2, -0.15) is 0 Å². The molecule has 0 aliphatic carbocycles. The van der Waals surface area contributed by atoms with E-state index in [1.54, 1.807) is 23.2 Å². The SMILES string of the molecule is Cn1c(=O)n(C)c2cc(-c3ccc(-c4nc(-c5ccccc5)nc(-c5ccc(-c6ccccc6)c(-c6ccccc6)c5)n4)cc3)ccc21. The lowest BCUT2D eigenvalue weighted by Crippen LogP contribution is -2.19. The van der Waals surface area contributed by atoms with Gasteiger partial charge in [0.1, 0.15) is 0 Å². The van der Waals surface area contributed by atoms with Crippen LogP contribution in [0.5, 0.6) is 0 Å². The molecule has 230 valence electrons. The van der Waals surface area contributed by atoms with E-state index in [0.29, 0.717) is 17.5 Å². The van der Waals surface area contributed by atoms with E-state index in [9.17, 15) is 4.79 Å². The van der Waals surface area contributed by atoms with Crippen LogP contribution in [0.3, 0.4) is 0 Å². The van der Waals surface area contributed by atoms with E-state index in [4.69, 9.17) is 15.0 Å². The molecule has 0 unspecified atom stereocenters. The third-order valence-corrected chi connectivity index (χ3v) is 8.86. The molecule has 6 aromatic carbocycles. The van der Waals surface area contributed by atoms with Gasteiger partial charge in [-0.15, -0.1) is 0 Å². The summed E-state index contributed by atoms with van der Waals surface area (Å²) in [7, 11) is 3.60. The Morgan fingerprint density at radius 2 is 0.812 bits per heavy atom. The van der Waals surface area contributed by atoms with E-state index in [2.05, 4.69) is 91.0 Å². The first kappa shape index (κ1) is 29.0. The van der Waals surface area contributed by atoms with Crippen molar-refractivity contribution in [3.05, 3.63) is 162 Å². The normalized spacial score (nSPS) is 11.2. The van der Waals surface area contributed by atoms with Crippen LogP contribution in [0, 0.1) is 0 Å². The Balaban J connectivity index is 1.24. The maximum absolute atomic E-state index is 12.5. The Hall–Kier alpha value is -6.40. The number of hydrogen-bond acceptors (Lipinski definition) is 4. The van der Waals surface area contributed by atoms with Crippen LogP contribution in [-0.4, -0.2) is 24.1 Å². The average Bonchev–Trinajstić information content (AvgIpc) is 3.38. The highest BCUT2D eigenvalue weighted by Crippen LogP contribution is 2.36. The molecule has 0 spiro atoms. The average molecular weight is 622 g/mol. The number of hydrogen-bond donors (Lipinski definition) is 0. The van der Waals surface area contributed by atoms with Crippen molar-refractivity contribution in [1.82, 2.24) is 24.1 Å². The summed E-state index contributed by atoms with van der Waals surface area (Å²) in [6.45, 7) is 0. The first-order valence-electron chi connectivity index (χ1n) is 15.9. The van der Waals surface area contributed by atoms with Crippen molar-refractivity contribution in [2.24, 2.45) is 14.1 Å². The minimum atomic E-state index is -0.0389. The number of nitrogens with zero attached hydrogens (tertiary/aromatic N) is 5. The Morgan fingerprint density at radius 1 is 0.375 bits per heavy atom. The monoisotopic (exact) mass is 621 g/mol. The topological polar surface area (TPSA) is 65.6 Å². The first-order valence-corrected chi connectivity index (χ1v) is 15.9. The second kappa shape index (κ2) is 12.1. The molecular weight excluding hydrogens is 590 g/mol. The second-order valence-electron chi connectivity index (χ2n) is 11.8. The lowest BCUT2D eigenvalue weighted by Gasteiger charge is -2.14. The van der Waals surface area contributed by atoms with Crippen LogP contribution in [-0.2, 0) is 14.1 Å². The van der Waals surface area contributed by atoms with Gasteiger partial charge >= 0.3 is 5.69 Å². The van der Waals surface area contributed by atoms with Crippen molar-refractivity contribution in [2.75, 3.05) is 0 Å². The van der Waals surface area contributed by atoms with Gasteiger partial charge in [-0.3, -0.25) is 9.13 Å². The number of fused-ring (bicyclic) bond motifs is 1. The van der Waals surface area contributed by atoms with Gasteiger partial charge in [0, 0.05) is 30.8 Å². The number of imidazole rings is 1. The molecule has 0 aliphatic rings. The second-order valence-corrected chi connectivity index (χ2v) is 11.8. The van der Waals surface area contributed by atoms with Crippen molar-refractivity contribution in [1.29, 1.82) is 0 Å². The minimum Gasteiger partial charge on any atom is -0.295 e. The lowest BCUT2D eigenvalue weighted by atomic mass is 9.92. The van der Waals surface area contributed by atoms with Crippen LogP contribution in [0.4, 0.5) is 0 Å². The maximum atomic E-state index is 12.5. The van der Waals surface area contributed by atoms with Crippen molar-refractivity contribution >= 4 is 11.0 Å². The van der Waals surface area contributed by atoms with Crippen LogP contribution >= 0.6 is 0 Å². The molecule has 0 bridgehead atoms. The highest BCUT2D eigenvalue weighted by Gasteiger charge is 2.16. The quantitative estimate of drug-likeness (QED) is 0.186. The molecule has 6 nitrogen and oxygen atoms in total. The Bertz CT molecular complexity index is 2470. The van der Waals surface area contributed by atoms with Crippen LogP contribution in [0.15, 0.2) is 156 Å². The highest BCUT2D eigenvalue weighted by atomic mass is 16.1. The molecule has 6 heteroatoms. The largest absolute Gasteiger partial charge is 0.328 e. The molecule has 0 saturated heterocycles. The summed E-state index contributed by atoms with van der Waals surface area (Å²) in [5.41, 5.74) is 11.1. The summed E-state index contributed by atoms with van der Waals surface area (Å²) in [4.78, 5) is 27.5. The number of benzene rings is 6. The standard InChI is InChI=1S/C42H31N5O/c1-46-37-25-23-33(27-38(37)47(2)42(46)48)28-18-20-32(21-19-28)40-43-39(31-16-10-5-11-17-31)44-41(45-40)34-22-24-35(29-12-6-3-7-13-29)36(26-34)30-14-8-4-9-15-30/h3-27H,1-2H3. The van der Waals surface area contributed by atoms with E-state index >= 15 is 0 Å². The van der Waals surface area contributed by atoms with Gasteiger partial charge in [-0.25, -0.2) is 19.7 Å². The summed E-state index contributed by atoms with van der Waals surface area (Å²) >= 11 is 0. The van der Waals surface area contributed by atoms with Crippen molar-refractivity contribution < 1.29 is 0 Å². The van der Waals surface area contributed by atoms with Crippen LogP contribution in [0.1, 0.15) is 0 Å². The van der Waals surface area contributed by atoms with Gasteiger partial charge in [0.05, 0.1) is 11.0 Å². The predicted molar refractivity (Wildman–Crippen MR) is 194 cm³/mol. The van der Waals surface area contributed by atoms with E-state index in [1.807, 2.05) is 60.7 Å². The van der Waals surface area contributed by atoms with Gasteiger partial charge in [-0.05, 0) is 51.6 Å². The predicted octanol–water partition coefficient (Wildman–Crippen LogP) is 9.06. The van der Waals surface area contributed by atoms with E-state index in [-0.39, 0.29) is 5.69 Å². The summed E-state index contributed by atoms with van der Waals surface area (Å²) < 4.78 is 3.35. The molecule has 2 heterocycles. The molecule has 0 amide bonds. The van der Waals surface area contributed by atoms with Crippen LogP contribution < -0.4 is 5.69 Å².